The Morgan fingerprint density at radius 3 is 2.58 bits per heavy atom. The van der Waals surface area contributed by atoms with Gasteiger partial charge in [-0.3, -0.25) is 4.79 Å². The standard InChI is InChI=1S/C15H15FO3/c16-13-6-3-11(4-7-13)12(10-15(17)18)5-8-14-2-1-9-19-14/h1-4,6-7,9,12H,5,8,10H2,(H,17,18). The first kappa shape index (κ1) is 13.3. The van der Waals surface area contributed by atoms with Gasteiger partial charge in [0.2, 0.25) is 0 Å². The van der Waals surface area contributed by atoms with Crippen LogP contribution in [0.1, 0.15) is 30.1 Å². The monoisotopic (exact) mass is 262 g/mol. The topological polar surface area (TPSA) is 50.4 Å². The van der Waals surface area contributed by atoms with E-state index in [1.165, 1.54) is 12.1 Å². The number of carboxylic acids is 1. The van der Waals surface area contributed by atoms with E-state index in [-0.39, 0.29) is 18.2 Å². The summed E-state index contributed by atoms with van der Waals surface area (Å²) in [6.07, 6.45) is 2.96. The average Bonchev–Trinajstić information content (AvgIpc) is 2.88. The third-order valence-electron chi connectivity index (χ3n) is 3.08. The van der Waals surface area contributed by atoms with Crippen molar-refractivity contribution in [3.8, 4) is 0 Å². The SMILES string of the molecule is O=C(O)CC(CCc1ccco1)c1ccc(F)cc1. The maximum Gasteiger partial charge on any atom is 0.303 e. The van der Waals surface area contributed by atoms with Gasteiger partial charge in [0, 0.05) is 6.42 Å². The number of benzene rings is 1. The molecule has 1 heterocycles. The lowest BCUT2D eigenvalue weighted by atomic mass is 9.91. The molecule has 0 aliphatic heterocycles. The highest BCUT2D eigenvalue weighted by Gasteiger charge is 2.16. The number of rotatable bonds is 6. The van der Waals surface area contributed by atoms with Gasteiger partial charge in [-0.15, -0.1) is 0 Å². The molecule has 100 valence electrons. The van der Waals surface area contributed by atoms with Gasteiger partial charge in [0.05, 0.1) is 12.7 Å². The molecule has 19 heavy (non-hydrogen) atoms. The van der Waals surface area contributed by atoms with Crippen LogP contribution < -0.4 is 0 Å². The summed E-state index contributed by atoms with van der Waals surface area (Å²) < 4.78 is 18.1. The number of aliphatic carboxylic acids is 1. The van der Waals surface area contributed by atoms with Crippen LogP contribution in [-0.4, -0.2) is 11.1 Å². The minimum Gasteiger partial charge on any atom is -0.481 e. The highest BCUT2D eigenvalue weighted by atomic mass is 19.1. The van der Waals surface area contributed by atoms with Crippen LogP contribution in [0.5, 0.6) is 0 Å². The molecule has 0 amide bonds. The molecular weight excluding hydrogens is 247 g/mol. The number of hydrogen-bond donors (Lipinski definition) is 1. The van der Waals surface area contributed by atoms with Crippen molar-refractivity contribution in [3.63, 3.8) is 0 Å². The molecule has 0 radical (unpaired) electrons. The van der Waals surface area contributed by atoms with Crippen molar-refractivity contribution in [3.05, 3.63) is 59.8 Å². The molecule has 2 rings (SSSR count). The van der Waals surface area contributed by atoms with Crippen LogP contribution in [-0.2, 0) is 11.2 Å². The minimum absolute atomic E-state index is 0.0341. The van der Waals surface area contributed by atoms with E-state index in [1.54, 1.807) is 24.5 Å². The Labute approximate surface area is 110 Å². The van der Waals surface area contributed by atoms with Crippen molar-refractivity contribution in [2.75, 3.05) is 0 Å². The molecule has 0 fully saturated rings. The van der Waals surface area contributed by atoms with Crippen LogP contribution in [0.4, 0.5) is 4.39 Å². The fourth-order valence-electron chi connectivity index (χ4n) is 2.10. The Hall–Kier alpha value is -2.10. The number of hydrogen-bond acceptors (Lipinski definition) is 2. The van der Waals surface area contributed by atoms with Crippen molar-refractivity contribution >= 4 is 5.97 Å². The first-order chi connectivity index (χ1) is 9.15. The summed E-state index contributed by atoms with van der Waals surface area (Å²) in [6, 6.07) is 9.67. The number of carbonyl (C=O) groups is 1. The molecule has 3 nitrogen and oxygen atoms in total. The van der Waals surface area contributed by atoms with E-state index in [1.807, 2.05) is 6.07 Å². The van der Waals surface area contributed by atoms with Crippen LogP contribution in [0.15, 0.2) is 47.1 Å². The summed E-state index contributed by atoms with van der Waals surface area (Å²) in [4.78, 5) is 10.9. The van der Waals surface area contributed by atoms with Crippen molar-refractivity contribution in [2.24, 2.45) is 0 Å². The summed E-state index contributed by atoms with van der Waals surface area (Å²) in [6.45, 7) is 0. The molecule has 1 unspecified atom stereocenters. The van der Waals surface area contributed by atoms with Crippen LogP contribution in [0, 0.1) is 5.82 Å². The fourth-order valence-corrected chi connectivity index (χ4v) is 2.10. The summed E-state index contributed by atoms with van der Waals surface area (Å²) in [7, 11) is 0. The van der Waals surface area contributed by atoms with Crippen LogP contribution in [0.25, 0.3) is 0 Å². The lowest BCUT2D eigenvalue weighted by Crippen LogP contribution is -2.07. The zero-order valence-electron chi connectivity index (χ0n) is 10.4. The van der Waals surface area contributed by atoms with E-state index >= 15 is 0 Å². The Morgan fingerprint density at radius 1 is 1.26 bits per heavy atom. The van der Waals surface area contributed by atoms with Crippen LogP contribution >= 0.6 is 0 Å². The first-order valence-corrected chi connectivity index (χ1v) is 6.15. The quantitative estimate of drug-likeness (QED) is 0.865. The average molecular weight is 262 g/mol. The molecule has 0 aliphatic rings. The molecule has 2 aromatic rings. The summed E-state index contributed by atoms with van der Waals surface area (Å²) in [5.41, 5.74) is 0.843. The van der Waals surface area contributed by atoms with Gasteiger partial charge in [-0.2, -0.15) is 0 Å². The third kappa shape index (κ3) is 3.95. The molecule has 1 atom stereocenters. The minimum atomic E-state index is -0.853. The van der Waals surface area contributed by atoms with Crippen molar-refractivity contribution in [2.45, 2.75) is 25.2 Å². The highest BCUT2D eigenvalue weighted by Crippen LogP contribution is 2.25. The summed E-state index contributed by atoms with van der Waals surface area (Å²) >= 11 is 0. The molecule has 4 heteroatoms. The molecule has 0 bridgehead atoms. The van der Waals surface area contributed by atoms with Crippen molar-refractivity contribution < 1.29 is 18.7 Å². The van der Waals surface area contributed by atoms with Crippen LogP contribution in [0.3, 0.4) is 0 Å². The molecule has 1 aromatic carbocycles. The Morgan fingerprint density at radius 2 is 2.00 bits per heavy atom. The van der Waals surface area contributed by atoms with Gasteiger partial charge in [0.1, 0.15) is 11.6 Å². The van der Waals surface area contributed by atoms with E-state index in [0.29, 0.717) is 12.8 Å². The van der Waals surface area contributed by atoms with E-state index in [0.717, 1.165) is 11.3 Å². The molecule has 0 aliphatic carbocycles. The predicted molar refractivity (Wildman–Crippen MR) is 68.4 cm³/mol. The number of aryl methyl sites for hydroxylation is 1. The Balaban J connectivity index is 2.06. The van der Waals surface area contributed by atoms with Crippen LogP contribution in [0.2, 0.25) is 0 Å². The van der Waals surface area contributed by atoms with Gasteiger partial charge in [0.15, 0.2) is 0 Å². The normalized spacial score (nSPS) is 12.3. The maximum absolute atomic E-state index is 12.9. The van der Waals surface area contributed by atoms with E-state index in [9.17, 15) is 9.18 Å². The zero-order valence-corrected chi connectivity index (χ0v) is 10.4. The maximum atomic E-state index is 12.9. The van der Waals surface area contributed by atoms with Gasteiger partial charge in [-0.25, -0.2) is 4.39 Å². The first-order valence-electron chi connectivity index (χ1n) is 6.15. The molecular formula is C15H15FO3. The van der Waals surface area contributed by atoms with Crippen molar-refractivity contribution in [1.29, 1.82) is 0 Å². The largest absolute Gasteiger partial charge is 0.481 e. The van der Waals surface area contributed by atoms with Crippen molar-refractivity contribution in [1.82, 2.24) is 0 Å². The smallest absolute Gasteiger partial charge is 0.303 e. The third-order valence-corrected chi connectivity index (χ3v) is 3.08. The molecule has 1 aromatic heterocycles. The Kier molecular flexibility index (Phi) is 4.34. The second-order valence-electron chi connectivity index (χ2n) is 4.46. The second kappa shape index (κ2) is 6.18. The predicted octanol–water partition coefficient (Wildman–Crippen LogP) is 3.61. The van der Waals surface area contributed by atoms with Gasteiger partial charge >= 0.3 is 5.97 Å². The van der Waals surface area contributed by atoms with E-state index in [4.69, 9.17) is 9.52 Å². The Bertz CT molecular complexity index is 517. The summed E-state index contributed by atoms with van der Waals surface area (Å²) in [5, 5.41) is 8.96. The zero-order chi connectivity index (χ0) is 13.7. The van der Waals surface area contributed by atoms with E-state index < -0.39 is 5.97 Å². The fraction of sp³-hybridized carbons (Fsp3) is 0.267. The second-order valence-corrected chi connectivity index (χ2v) is 4.46. The number of furan rings is 1. The number of carboxylic acid groups (broad SMARTS) is 1. The number of halogens is 1. The highest BCUT2D eigenvalue weighted by molar-refractivity contribution is 5.68. The van der Waals surface area contributed by atoms with Gasteiger partial charge in [0.25, 0.3) is 0 Å². The summed E-state index contributed by atoms with van der Waals surface area (Å²) in [5.74, 6) is -0.474. The molecule has 1 N–H and O–H groups in total. The van der Waals surface area contributed by atoms with Gasteiger partial charge < -0.3 is 9.52 Å². The molecule has 0 spiro atoms. The van der Waals surface area contributed by atoms with Gasteiger partial charge in [-0.05, 0) is 42.2 Å². The van der Waals surface area contributed by atoms with E-state index in [2.05, 4.69) is 0 Å². The molecule has 0 saturated carbocycles. The molecule has 0 saturated heterocycles. The van der Waals surface area contributed by atoms with Gasteiger partial charge in [-0.1, -0.05) is 12.1 Å². The lowest BCUT2D eigenvalue weighted by Gasteiger charge is -2.14. The lowest BCUT2D eigenvalue weighted by molar-refractivity contribution is -0.137.